The van der Waals surface area contributed by atoms with E-state index in [0.29, 0.717) is 11.4 Å². The van der Waals surface area contributed by atoms with Crippen LogP contribution in [0.4, 0.5) is 11.4 Å². The van der Waals surface area contributed by atoms with Crippen LogP contribution in [-0.4, -0.2) is 95.1 Å². The van der Waals surface area contributed by atoms with Gasteiger partial charge in [0.2, 0.25) is 11.8 Å². The molecule has 0 fully saturated rings. The lowest BCUT2D eigenvalue weighted by Crippen LogP contribution is -2.39. The number of rotatable bonds is 9. The fraction of sp³-hybridized carbons (Fsp3) is 0.250. The lowest BCUT2D eigenvalue weighted by atomic mass is 9.83. The fourth-order valence-corrected chi connectivity index (χ4v) is 3.31. The zero-order valence-corrected chi connectivity index (χ0v) is 20.3. The van der Waals surface area contributed by atoms with Crippen molar-refractivity contribution < 1.29 is 49.2 Å². The van der Waals surface area contributed by atoms with E-state index < -0.39 is 24.1 Å². The number of aliphatic hydroxyl groups excluding tert-OH is 2. The van der Waals surface area contributed by atoms with E-state index in [9.17, 15) is 28.8 Å². The Morgan fingerprint density at radius 1 is 0.658 bits per heavy atom. The van der Waals surface area contributed by atoms with Gasteiger partial charge in [-0.3, -0.25) is 19.2 Å². The van der Waals surface area contributed by atoms with Gasteiger partial charge < -0.3 is 41.7 Å². The molecular formula is C24H26N4O10. The second-order valence-electron chi connectivity index (χ2n) is 7.90. The number of hydrogen-bond donors (Lipinski definition) is 8. The summed E-state index contributed by atoms with van der Waals surface area (Å²) in [6, 6.07) is 9.24. The lowest BCUT2D eigenvalue weighted by Gasteiger charge is -2.19. The maximum absolute atomic E-state index is 12.9. The molecule has 0 bridgehead atoms. The van der Waals surface area contributed by atoms with Crippen LogP contribution >= 0.6 is 0 Å². The molecule has 2 atom stereocenters. The fourth-order valence-electron chi connectivity index (χ4n) is 3.31. The molecule has 0 heterocycles. The van der Waals surface area contributed by atoms with Gasteiger partial charge in [0, 0.05) is 33.6 Å². The molecule has 0 radical (unpaired) electrons. The first-order chi connectivity index (χ1) is 17.9. The van der Waals surface area contributed by atoms with E-state index in [1.54, 1.807) is 26.2 Å². The van der Waals surface area contributed by atoms with E-state index in [2.05, 4.69) is 21.3 Å². The largest absolute Gasteiger partial charge is 0.479 e. The molecule has 202 valence electrons. The van der Waals surface area contributed by atoms with Crippen molar-refractivity contribution in [3.8, 4) is 0 Å². The molecule has 38 heavy (non-hydrogen) atoms. The molecule has 1 aliphatic rings. The first kappa shape index (κ1) is 29.7. The third kappa shape index (κ3) is 7.27. The molecule has 14 nitrogen and oxygen atoms in total. The van der Waals surface area contributed by atoms with Crippen molar-refractivity contribution in [2.24, 2.45) is 0 Å². The van der Waals surface area contributed by atoms with Crippen LogP contribution in [0.2, 0.25) is 0 Å². The number of hydrogen-bond acceptors (Lipinski definition) is 10. The Morgan fingerprint density at radius 2 is 1.00 bits per heavy atom. The van der Waals surface area contributed by atoms with Gasteiger partial charge >= 0.3 is 11.9 Å². The van der Waals surface area contributed by atoms with E-state index in [1.807, 2.05) is 0 Å². The number of fused-ring (bicyclic) bond motifs is 2. The molecule has 2 aromatic carbocycles. The summed E-state index contributed by atoms with van der Waals surface area (Å²) < 4.78 is 0. The number of aliphatic hydroxyl groups is 2. The lowest BCUT2D eigenvalue weighted by molar-refractivity contribution is -0.165. The quantitative estimate of drug-likeness (QED) is 0.161. The zero-order chi connectivity index (χ0) is 28.6. The normalized spacial score (nSPS) is 13.2. The minimum absolute atomic E-state index is 0.134. The molecule has 3 rings (SSSR count). The molecule has 0 aliphatic heterocycles. The Labute approximate surface area is 215 Å². The first-order valence-corrected chi connectivity index (χ1v) is 11.0. The summed E-state index contributed by atoms with van der Waals surface area (Å²) in [5.74, 6) is -4.64. The zero-order valence-electron chi connectivity index (χ0n) is 20.3. The number of carboxylic acid groups (broad SMARTS) is 2. The highest BCUT2D eigenvalue weighted by Crippen LogP contribution is 2.31. The molecule has 0 saturated carbocycles. The molecule has 0 spiro atoms. The molecule has 0 aromatic heterocycles. The van der Waals surface area contributed by atoms with E-state index >= 15 is 0 Å². The summed E-state index contributed by atoms with van der Waals surface area (Å²) >= 11 is 0. The second-order valence-corrected chi connectivity index (χ2v) is 7.90. The van der Waals surface area contributed by atoms with E-state index in [0.717, 1.165) is 0 Å². The molecule has 0 saturated heterocycles. The predicted octanol–water partition coefficient (Wildman–Crippen LogP) is -1.34. The number of amides is 2. The summed E-state index contributed by atoms with van der Waals surface area (Å²) in [5.41, 5.74) is 1.91. The predicted molar refractivity (Wildman–Crippen MR) is 132 cm³/mol. The van der Waals surface area contributed by atoms with Gasteiger partial charge in [-0.25, -0.2) is 9.59 Å². The molecule has 8 N–H and O–H groups in total. The minimum Gasteiger partial charge on any atom is -0.479 e. The number of benzene rings is 2. The molecule has 2 unspecified atom stereocenters. The number of anilines is 2. The van der Waals surface area contributed by atoms with Crippen LogP contribution in [-0.2, 0) is 19.2 Å². The molecular weight excluding hydrogens is 504 g/mol. The van der Waals surface area contributed by atoms with Crippen molar-refractivity contribution in [2.75, 3.05) is 37.8 Å². The smallest absolute Gasteiger partial charge is 0.335 e. The van der Waals surface area contributed by atoms with Gasteiger partial charge in [0.15, 0.2) is 23.8 Å². The highest BCUT2D eigenvalue weighted by Gasteiger charge is 2.31. The number of carbonyl (C=O) groups is 6. The van der Waals surface area contributed by atoms with Gasteiger partial charge in [-0.1, -0.05) is 0 Å². The average molecular weight is 530 g/mol. The third-order valence-electron chi connectivity index (χ3n) is 5.06. The SMILES string of the molecule is CNCC(=O)Nc1ccc2c(c1)C(=O)c1ccc(NC(=O)CNC)cc1C2=O.O=C(O)C(O)C(O)C(=O)O. The number of nitrogens with one attached hydrogen (secondary N) is 4. The van der Waals surface area contributed by atoms with Crippen LogP contribution in [0.25, 0.3) is 0 Å². The van der Waals surface area contributed by atoms with Gasteiger partial charge in [0.25, 0.3) is 0 Å². The van der Waals surface area contributed by atoms with Crippen LogP contribution in [0.1, 0.15) is 31.8 Å². The highest BCUT2D eigenvalue weighted by molar-refractivity contribution is 6.29. The summed E-state index contributed by atoms with van der Waals surface area (Å²) in [5, 5.41) is 43.4. The maximum atomic E-state index is 12.9. The van der Waals surface area contributed by atoms with Crippen LogP contribution in [0.5, 0.6) is 0 Å². The molecule has 14 heteroatoms. The first-order valence-electron chi connectivity index (χ1n) is 11.0. The average Bonchev–Trinajstić information content (AvgIpc) is 2.86. The third-order valence-corrected chi connectivity index (χ3v) is 5.06. The van der Waals surface area contributed by atoms with Crippen molar-refractivity contribution >= 4 is 46.7 Å². The van der Waals surface area contributed by atoms with Gasteiger partial charge in [-0.15, -0.1) is 0 Å². The Hall–Kier alpha value is -4.50. The molecule has 2 aromatic rings. The van der Waals surface area contributed by atoms with Crippen LogP contribution in [0.15, 0.2) is 36.4 Å². The van der Waals surface area contributed by atoms with E-state index in [-0.39, 0.29) is 58.7 Å². The van der Waals surface area contributed by atoms with Crippen LogP contribution in [0.3, 0.4) is 0 Å². The number of carbonyl (C=O) groups excluding carboxylic acids is 4. The van der Waals surface area contributed by atoms with Crippen molar-refractivity contribution in [2.45, 2.75) is 12.2 Å². The van der Waals surface area contributed by atoms with Crippen molar-refractivity contribution in [1.29, 1.82) is 0 Å². The van der Waals surface area contributed by atoms with Crippen molar-refractivity contribution in [3.63, 3.8) is 0 Å². The topological polar surface area (TPSA) is 231 Å². The Bertz CT molecular complexity index is 1180. The minimum atomic E-state index is -2.27. The van der Waals surface area contributed by atoms with Gasteiger partial charge in [0.05, 0.1) is 13.1 Å². The number of ketones is 2. The van der Waals surface area contributed by atoms with Crippen molar-refractivity contribution in [3.05, 3.63) is 58.7 Å². The summed E-state index contributed by atoms with van der Waals surface area (Å²) in [4.78, 5) is 68.8. The molecule has 1 aliphatic carbocycles. The van der Waals surface area contributed by atoms with Crippen molar-refractivity contribution in [1.82, 2.24) is 10.6 Å². The Morgan fingerprint density at radius 3 is 1.29 bits per heavy atom. The van der Waals surface area contributed by atoms with Crippen LogP contribution < -0.4 is 21.3 Å². The summed E-state index contributed by atoms with van der Waals surface area (Å²) in [6.07, 6.45) is -4.53. The highest BCUT2D eigenvalue weighted by atomic mass is 16.4. The second kappa shape index (κ2) is 13.2. The standard InChI is InChI=1S/C20H20N4O4.C4H6O6/c1-21-9-17(25)23-11-3-5-13-15(7-11)19(27)14-6-4-12(8-16(14)20(13)28)24-18(26)10-22-2;5-1(3(7)8)2(6)4(9)10/h3-8,21-22H,9-10H2,1-2H3,(H,23,25)(H,24,26);1-2,5-6H,(H,7,8)(H,9,10). The van der Waals surface area contributed by atoms with Crippen LogP contribution in [0, 0.1) is 0 Å². The Balaban J connectivity index is 0.000000432. The maximum Gasteiger partial charge on any atom is 0.335 e. The number of aliphatic carboxylic acids is 2. The summed E-state index contributed by atoms with van der Waals surface area (Å²) in [6.45, 7) is 0.268. The van der Waals surface area contributed by atoms with E-state index in [1.165, 1.54) is 24.3 Å². The monoisotopic (exact) mass is 530 g/mol. The number of likely N-dealkylation sites (N-methyl/N-ethyl adjacent to an activating group) is 2. The molecule has 2 amide bonds. The summed E-state index contributed by atoms with van der Waals surface area (Å²) in [7, 11) is 3.31. The van der Waals surface area contributed by atoms with Gasteiger partial charge in [-0.05, 0) is 50.5 Å². The Kier molecular flexibility index (Phi) is 10.3. The number of carboxylic acids is 2. The van der Waals surface area contributed by atoms with E-state index in [4.69, 9.17) is 20.4 Å². The van der Waals surface area contributed by atoms with Gasteiger partial charge in [0.1, 0.15) is 0 Å². The van der Waals surface area contributed by atoms with Gasteiger partial charge in [-0.2, -0.15) is 0 Å².